The summed E-state index contributed by atoms with van der Waals surface area (Å²) in [6, 6.07) is 6.87. The summed E-state index contributed by atoms with van der Waals surface area (Å²) in [4.78, 5) is 53.1. The van der Waals surface area contributed by atoms with Gasteiger partial charge in [0, 0.05) is 41.2 Å². The first-order valence-corrected chi connectivity index (χ1v) is 11.6. The van der Waals surface area contributed by atoms with Crippen LogP contribution in [0.25, 0.3) is 0 Å². The predicted molar refractivity (Wildman–Crippen MR) is 128 cm³/mol. The lowest BCUT2D eigenvalue weighted by Gasteiger charge is -2.40. The van der Waals surface area contributed by atoms with Crippen molar-refractivity contribution >= 4 is 46.4 Å². The van der Waals surface area contributed by atoms with Crippen molar-refractivity contribution < 1.29 is 42.9 Å². The van der Waals surface area contributed by atoms with Crippen LogP contribution in [0, 0.1) is 0 Å². The lowest BCUT2D eigenvalue weighted by molar-refractivity contribution is -0.204. The van der Waals surface area contributed by atoms with E-state index in [9.17, 15) is 19.2 Å². The smallest absolute Gasteiger partial charge is 0.303 e. The number of amidine groups is 1. The lowest BCUT2D eigenvalue weighted by atomic mass is 10.0. The van der Waals surface area contributed by atoms with Crippen LogP contribution in [-0.2, 0) is 38.1 Å². The maximum Gasteiger partial charge on any atom is 0.303 e. The number of ether oxygens (including phenoxy) is 5. The van der Waals surface area contributed by atoms with Crippen LogP contribution in [0.15, 0.2) is 29.3 Å². The van der Waals surface area contributed by atoms with E-state index in [1.165, 1.54) is 39.6 Å². The number of aliphatic imine (C=N–C) groups is 1. The Bertz CT molecular complexity index is 951. The van der Waals surface area contributed by atoms with E-state index in [-0.39, 0.29) is 18.9 Å². The van der Waals surface area contributed by atoms with Crippen LogP contribution < -0.4 is 9.64 Å². The number of thioether (sulfide) groups is 1. The maximum absolute atomic E-state index is 12.5. The van der Waals surface area contributed by atoms with Gasteiger partial charge in [-0.1, -0.05) is 11.8 Å². The summed E-state index contributed by atoms with van der Waals surface area (Å²) in [5, 5.41) is 0.325. The molecular formula is C23H30N2O9S. The van der Waals surface area contributed by atoms with Gasteiger partial charge in [0.25, 0.3) is 0 Å². The second-order valence-electron chi connectivity index (χ2n) is 7.54. The average Bonchev–Trinajstić information content (AvgIpc) is 2.78. The Morgan fingerprint density at radius 2 is 1.66 bits per heavy atom. The first-order chi connectivity index (χ1) is 16.5. The Morgan fingerprint density at radius 3 is 2.14 bits per heavy atom. The van der Waals surface area contributed by atoms with Gasteiger partial charge in [-0.2, -0.15) is 0 Å². The third-order valence-electron chi connectivity index (χ3n) is 4.82. The summed E-state index contributed by atoms with van der Waals surface area (Å²) in [5.74, 6) is -1.38. The molecule has 1 unspecified atom stereocenters. The molecule has 12 heteroatoms. The maximum atomic E-state index is 12.5. The van der Waals surface area contributed by atoms with Crippen molar-refractivity contribution in [3.63, 3.8) is 0 Å². The lowest BCUT2D eigenvalue weighted by Crippen LogP contribution is -2.53. The largest absolute Gasteiger partial charge is 0.497 e. The van der Waals surface area contributed by atoms with E-state index in [0.29, 0.717) is 16.6 Å². The van der Waals surface area contributed by atoms with E-state index in [1.54, 1.807) is 31.4 Å². The molecule has 1 aliphatic rings. The van der Waals surface area contributed by atoms with Crippen LogP contribution in [0.5, 0.6) is 5.75 Å². The zero-order chi connectivity index (χ0) is 26.1. The van der Waals surface area contributed by atoms with Crippen LogP contribution in [0.4, 0.5) is 5.69 Å². The average molecular weight is 511 g/mol. The minimum Gasteiger partial charge on any atom is -0.497 e. The van der Waals surface area contributed by atoms with Crippen LogP contribution in [0.1, 0.15) is 34.1 Å². The first kappa shape index (κ1) is 28.1. The number of anilines is 1. The molecule has 192 valence electrons. The molecular weight excluding hydrogens is 480 g/mol. The number of hydrogen-bond acceptors (Lipinski definition) is 11. The molecule has 0 N–H and O–H groups in total. The van der Waals surface area contributed by atoms with Crippen molar-refractivity contribution in [1.82, 2.24) is 0 Å². The number of esters is 3. The van der Waals surface area contributed by atoms with Gasteiger partial charge in [0.2, 0.25) is 5.91 Å². The molecule has 0 radical (unpaired) electrons. The molecule has 0 bridgehead atoms. The molecule has 11 nitrogen and oxygen atoms in total. The summed E-state index contributed by atoms with van der Waals surface area (Å²) in [6.45, 7) is 4.87. The second kappa shape index (κ2) is 13.1. The number of rotatable bonds is 7. The Balaban J connectivity index is 2.32. The number of amides is 1. The standard InChI is InChI=1S/C23H30N2O9S/c1-13(26)25(17-7-9-18(30-6)10-8-17)23(24-5)35-21-11-19(32-15(3)28)22(33-16(4)29)20(34-21)12-31-14(2)27/h7-10,19-22H,11-12H2,1-6H3/b24-23-/t19-,20-,21?,22+/m1/s1. The summed E-state index contributed by atoms with van der Waals surface area (Å²) in [7, 11) is 3.08. The number of carbonyl (C=O) groups excluding carboxylic acids is 4. The van der Waals surface area contributed by atoms with E-state index >= 15 is 0 Å². The van der Waals surface area contributed by atoms with E-state index in [1.807, 2.05) is 0 Å². The number of benzene rings is 1. The predicted octanol–water partition coefficient (Wildman–Crippen LogP) is 2.31. The van der Waals surface area contributed by atoms with Gasteiger partial charge in [0.1, 0.15) is 30.0 Å². The molecule has 2 rings (SSSR count). The number of hydrogen-bond donors (Lipinski definition) is 0. The Morgan fingerprint density at radius 1 is 1.03 bits per heavy atom. The molecule has 0 saturated carbocycles. The molecule has 1 heterocycles. The second-order valence-corrected chi connectivity index (χ2v) is 8.67. The molecule has 1 amide bonds. The number of methoxy groups -OCH3 is 1. The zero-order valence-corrected chi connectivity index (χ0v) is 21.3. The fraction of sp³-hybridized carbons (Fsp3) is 0.522. The quantitative estimate of drug-likeness (QED) is 0.233. The van der Waals surface area contributed by atoms with Crippen molar-refractivity contribution in [1.29, 1.82) is 0 Å². The molecule has 1 fully saturated rings. The molecule has 1 saturated heterocycles. The van der Waals surface area contributed by atoms with Gasteiger partial charge in [0.15, 0.2) is 11.3 Å². The summed E-state index contributed by atoms with van der Waals surface area (Å²) < 4.78 is 27.1. The number of nitrogens with zero attached hydrogens (tertiary/aromatic N) is 2. The Labute approximate surface area is 208 Å². The fourth-order valence-corrected chi connectivity index (χ4v) is 4.62. The van der Waals surface area contributed by atoms with E-state index < -0.39 is 41.7 Å². The third-order valence-corrected chi connectivity index (χ3v) is 5.96. The molecule has 1 aromatic carbocycles. The third kappa shape index (κ3) is 8.25. The highest BCUT2D eigenvalue weighted by Gasteiger charge is 2.44. The topological polar surface area (TPSA) is 130 Å². The van der Waals surface area contributed by atoms with Crippen molar-refractivity contribution in [2.75, 3.05) is 25.7 Å². The zero-order valence-electron chi connectivity index (χ0n) is 20.5. The minimum absolute atomic E-state index is 0.131. The van der Waals surface area contributed by atoms with Gasteiger partial charge in [-0.3, -0.25) is 29.1 Å². The van der Waals surface area contributed by atoms with Gasteiger partial charge >= 0.3 is 17.9 Å². The van der Waals surface area contributed by atoms with Crippen molar-refractivity contribution in [3.05, 3.63) is 24.3 Å². The molecule has 4 atom stereocenters. The minimum atomic E-state index is -0.986. The summed E-state index contributed by atoms with van der Waals surface area (Å²) in [5.41, 5.74) is -0.112. The number of carbonyl (C=O) groups is 4. The molecule has 0 aliphatic carbocycles. The highest BCUT2D eigenvalue weighted by Crippen LogP contribution is 2.34. The van der Waals surface area contributed by atoms with Crippen molar-refractivity contribution in [2.45, 2.75) is 57.9 Å². The molecule has 1 aliphatic heterocycles. The molecule has 0 aromatic heterocycles. The highest BCUT2D eigenvalue weighted by molar-refractivity contribution is 8.14. The van der Waals surface area contributed by atoms with Crippen molar-refractivity contribution in [2.24, 2.45) is 4.99 Å². The van der Waals surface area contributed by atoms with Crippen LogP contribution in [0.3, 0.4) is 0 Å². The van der Waals surface area contributed by atoms with Crippen LogP contribution in [-0.4, -0.2) is 73.5 Å². The monoisotopic (exact) mass is 510 g/mol. The van der Waals surface area contributed by atoms with E-state index in [0.717, 1.165) is 11.8 Å². The van der Waals surface area contributed by atoms with Gasteiger partial charge < -0.3 is 23.7 Å². The van der Waals surface area contributed by atoms with Gasteiger partial charge in [0.05, 0.1) is 12.8 Å². The van der Waals surface area contributed by atoms with Gasteiger partial charge in [-0.25, -0.2) is 0 Å². The van der Waals surface area contributed by atoms with Crippen LogP contribution >= 0.6 is 11.8 Å². The Hall–Kier alpha value is -3.12. The molecule has 35 heavy (non-hydrogen) atoms. The Kier molecular flexibility index (Phi) is 10.5. The van der Waals surface area contributed by atoms with Gasteiger partial charge in [-0.05, 0) is 24.3 Å². The van der Waals surface area contributed by atoms with Crippen molar-refractivity contribution in [3.8, 4) is 5.75 Å². The fourth-order valence-electron chi connectivity index (χ4n) is 3.45. The molecule has 1 aromatic rings. The normalized spacial score (nSPS) is 22.1. The highest BCUT2D eigenvalue weighted by atomic mass is 32.2. The van der Waals surface area contributed by atoms with E-state index in [2.05, 4.69) is 4.99 Å². The van der Waals surface area contributed by atoms with E-state index in [4.69, 9.17) is 23.7 Å². The molecule has 0 spiro atoms. The summed E-state index contributed by atoms with van der Waals surface area (Å²) >= 11 is 1.13. The summed E-state index contributed by atoms with van der Waals surface area (Å²) in [6.07, 6.45) is -2.64. The van der Waals surface area contributed by atoms with Gasteiger partial charge in [-0.15, -0.1) is 0 Å². The first-order valence-electron chi connectivity index (χ1n) is 10.8. The van der Waals surface area contributed by atoms with Crippen LogP contribution in [0.2, 0.25) is 0 Å². The SMILES string of the molecule is C/N=C(\SC1C[C@@H](OC(C)=O)[C@H](OC(C)=O)[C@@H](COC(C)=O)O1)N(C(C)=O)c1ccc(OC)cc1.